The molecule has 0 heterocycles. The lowest BCUT2D eigenvalue weighted by molar-refractivity contribution is 0.247. The Morgan fingerprint density at radius 1 is 1.20 bits per heavy atom. The van der Waals surface area contributed by atoms with Crippen LogP contribution in [0.5, 0.6) is 11.5 Å². The molecule has 3 heteroatoms. The van der Waals surface area contributed by atoms with Crippen molar-refractivity contribution in [3.8, 4) is 11.5 Å². The Balaban J connectivity index is 2.00. The zero-order chi connectivity index (χ0) is 14.2. The van der Waals surface area contributed by atoms with Crippen LogP contribution in [0.25, 0.3) is 0 Å². The van der Waals surface area contributed by atoms with E-state index in [-0.39, 0.29) is 0 Å². The van der Waals surface area contributed by atoms with Crippen molar-refractivity contribution in [3.05, 3.63) is 23.8 Å². The van der Waals surface area contributed by atoms with Crippen molar-refractivity contribution in [3.63, 3.8) is 0 Å². The summed E-state index contributed by atoms with van der Waals surface area (Å²) in [4.78, 5) is 0. The second-order valence-corrected chi connectivity index (χ2v) is 5.61. The lowest BCUT2D eigenvalue weighted by atomic mass is 10.1. The lowest BCUT2D eigenvalue weighted by Crippen LogP contribution is -2.12. The van der Waals surface area contributed by atoms with Crippen molar-refractivity contribution in [1.82, 2.24) is 5.32 Å². The fourth-order valence-electron chi connectivity index (χ4n) is 2.70. The third kappa shape index (κ3) is 4.41. The van der Waals surface area contributed by atoms with Crippen molar-refractivity contribution >= 4 is 0 Å². The standard InChI is InChI=1S/C17H27NO2/c1-3-10-19-16-9-8-15(12-18-2)17(11-16)20-13-14-6-4-5-7-14/h8-9,11,14,18H,3-7,10,12-13H2,1-2H3. The minimum absolute atomic E-state index is 0.734. The van der Waals surface area contributed by atoms with Gasteiger partial charge in [0.25, 0.3) is 0 Å². The molecule has 0 radical (unpaired) electrons. The fourth-order valence-corrected chi connectivity index (χ4v) is 2.70. The van der Waals surface area contributed by atoms with Gasteiger partial charge in [0.2, 0.25) is 0 Å². The SMILES string of the molecule is CCCOc1ccc(CNC)c(OCC2CCCC2)c1. The Morgan fingerprint density at radius 2 is 2.00 bits per heavy atom. The number of hydrogen-bond acceptors (Lipinski definition) is 3. The first-order chi connectivity index (χ1) is 9.83. The first-order valence-electron chi connectivity index (χ1n) is 7.86. The highest BCUT2D eigenvalue weighted by Crippen LogP contribution is 2.29. The molecule has 3 nitrogen and oxygen atoms in total. The Labute approximate surface area is 122 Å². The number of hydrogen-bond donors (Lipinski definition) is 1. The van der Waals surface area contributed by atoms with E-state index in [4.69, 9.17) is 9.47 Å². The normalized spacial score (nSPS) is 15.5. The van der Waals surface area contributed by atoms with Crippen LogP contribution in [-0.4, -0.2) is 20.3 Å². The maximum Gasteiger partial charge on any atom is 0.127 e. The molecule has 0 spiro atoms. The topological polar surface area (TPSA) is 30.5 Å². The maximum absolute atomic E-state index is 6.07. The summed E-state index contributed by atoms with van der Waals surface area (Å²) in [5.74, 6) is 2.62. The van der Waals surface area contributed by atoms with E-state index in [9.17, 15) is 0 Å². The third-order valence-corrected chi connectivity index (χ3v) is 3.83. The molecule has 1 aliphatic rings. The highest BCUT2D eigenvalue weighted by Gasteiger charge is 2.16. The van der Waals surface area contributed by atoms with Crippen LogP contribution in [0.1, 0.15) is 44.6 Å². The molecule has 112 valence electrons. The molecule has 0 amide bonds. The van der Waals surface area contributed by atoms with Gasteiger partial charge < -0.3 is 14.8 Å². The largest absolute Gasteiger partial charge is 0.493 e. The summed E-state index contributed by atoms with van der Waals surface area (Å²) in [7, 11) is 1.96. The molecule has 0 unspecified atom stereocenters. The van der Waals surface area contributed by atoms with E-state index in [1.165, 1.54) is 31.2 Å². The second-order valence-electron chi connectivity index (χ2n) is 5.61. The summed E-state index contributed by atoms with van der Waals surface area (Å²) < 4.78 is 11.8. The Bertz CT molecular complexity index is 400. The molecule has 1 aromatic carbocycles. The van der Waals surface area contributed by atoms with Crippen molar-refractivity contribution in [2.75, 3.05) is 20.3 Å². The Kier molecular flexibility index (Phi) is 6.19. The quantitative estimate of drug-likeness (QED) is 0.784. The van der Waals surface area contributed by atoms with E-state index >= 15 is 0 Å². The number of rotatable bonds is 8. The summed E-state index contributed by atoms with van der Waals surface area (Å²) >= 11 is 0. The number of ether oxygens (including phenoxy) is 2. The zero-order valence-corrected chi connectivity index (χ0v) is 12.8. The van der Waals surface area contributed by atoms with Gasteiger partial charge in [0.1, 0.15) is 11.5 Å². The van der Waals surface area contributed by atoms with Crippen LogP contribution in [0.3, 0.4) is 0 Å². The monoisotopic (exact) mass is 277 g/mol. The van der Waals surface area contributed by atoms with Gasteiger partial charge in [-0.2, -0.15) is 0 Å². The molecular weight excluding hydrogens is 250 g/mol. The van der Waals surface area contributed by atoms with Crippen LogP contribution in [-0.2, 0) is 6.54 Å². The first-order valence-corrected chi connectivity index (χ1v) is 7.86. The average molecular weight is 277 g/mol. The molecular formula is C17H27NO2. The van der Waals surface area contributed by atoms with Gasteiger partial charge in [0, 0.05) is 18.2 Å². The van der Waals surface area contributed by atoms with Crippen molar-refractivity contribution in [1.29, 1.82) is 0 Å². The summed E-state index contributed by atoms with van der Waals surface area (Å²) in [5.41, 5.74) is 1.20. The fraction of sp³-hybridized carbons (Fsp3) is 0.647. The number of benzene rings is 1. The average Bonchev–Trinajstić information content (AvgIpc) is 2.98. The molecule has 0 aromatic heterocycles. The summed E-state index contributed by atoms with van der Waals surface area (Å²) in [5, 5.41) is 3.19. The van der Waals surface area contributed by atoms with Crippen LogP contribution in [0.2, 0.25) is 0 Å². The Morgan fingerprint density at radius 3 is 2.70 bits per heavy atom. The molecule has 20 heavy (non-hydrogen) atoms. The number of nitrogens with one attached hydrogen (secondary N) is 1. The van der Waals surface area contributed by atoms with Gasteiger partial charge in [-0.25, -0.2) is 0 Å². The molecule has 2 rings (SSSR count). The minimum atomic E-state index is 0.734. The van der Waals surface area contributed by atoms with Crippen LogP contribution in [0.15, 0.2) is 18.2 Å². The molecule has 0 bridgehead atoms. The first kappa shape index (κ1) is 15.2. The smallest absolute Gasteiger partial charge is 0.127 e. The molecule has 1 N–H and O–H groups in total. The van der Waals surface area contributed by atoms with Gasteiger partial charge in [-0.1, -0.05) is 25.8 Å². The second kappa shape index (κ2) is 8.15. The molecule has 1 fully saturated rings. The van der Waals surface area contributed by atoms with E-state index in [1.54, 1.807) is 0 Å². The molecule has 0 saturated heterocycles. The zero-order valence-electron chi connectivity index (χ0n) is 12.8. The molecule has 0 aliphatic heterocycles. The summed E-state index contributed by atoms with van der Waals surface area (Å²) in [6.45, 7) is 4.54. The van der Waals surface area contributed by atoms with Gasteiger partial charge in [-0.3, -0.25) is 0 Å². The lowest BCUT2D eigenvalue weighted by Gasteiger charge is -2.16. The van der Waals surface area contributed by atoms with E-state index in [0.717, 1.165) is 43.6 Å². The van der Waals surface area contributed by atoms with Crippen LogP contribution in [0, 0.1) is 5.92 Å². The maximum atomic E-state index is 6.07. The van der Waals surface area contributed by atoms with Crippen LogP contribution in [0.4, 0.5) is 0 Å². The van der Waals surface area contributed by atoms with E-state index in [2.05, 4.69) is 18.3 Å². The van der Waals surface area contributed by atoms with Crippen LogP contribution >= 0.6 is 0 Å². The molecule has 1 aliphatic carbocycles. The molecule has 1 aromatic rings. The van der Waals surface area contributed by atoms with Crippen molar-refractivity contribution in [2.24, 2.45) is 5.92 Å². The Hall–Kier alpha value is -1.22. The van der Waals surface area contributed by atoms with Gasteiger partial charge in [0.15, 0.2) is 0 Å². The van der Waals surface area contributed by atoms with Gasteiger partial charge >= 0.3 is 0 Å². The minimum Gasteiger partial charge on any atom is -0.493 e. The predicted octanol–water partition coefficient (Wildman–Crippen LogP) is 3.76. The van der Waals surface area contributed by atoms with Gasteiger partial charge in [-0.15, -0.1) is 0 Å². The summed E-state index contributed by atoms with van der Waals surface area (Å²) in [6, 6.07) is 6.17. The van der Waals surface area contributed by atoms with Crippen molar-refractivity contribution < 1.29 is 9.47 Å². The van der Waals surface area contributed by atoms with Gasteiger partial charge in [-0.05, 0) is 38.3 Å². The summed E-state index contributed by atoms with van der Waals surface area (Å²) in [6.07, 6.45) is 6.37. The van der Waals surface area contributed by atoms with Gasteiger partial charge in [0.05, 0.1) is 13.2 Å². The van der Waals surface area contributed by atoms with Crippen LogP contribution < -0.4 is 14.8 Å². The highest BCUT2D eigenvalue weighted by atomic mass is 16.5. The molecule has 1 saturated carbocycles. The van der Waals surface area contributed by atoms with E-state index in [1.807, 2.05) is 19.2 Å². The van der Waals surface area contributed by atoms with Crippen molar-refractivity contribution in [2.45, 2.75) is 45.6 Å². The third-order valence-electron chi connectivity index (χ3n) is 3.83. The van der Waals surface area contributed by atoms with E-state index in [0.29, 0.717) is 0 Å². The highest BCUT2D eigenvalue weighted by molar-refractivity contribution is 5.40. The van der Waals surface area contributed by atoms with E-state index < -0.39 is 0 Å². The predicted molar refractivity (Wildman–Crippen MR) is 82.4 cm³/mol. The molecule has 0 atom stereocenters.